The van der Waals surface area contributed by atoms with Crippen LogP contribution in [0.4, 0.5) is 0 Å². The fourth-order valence-electron chi connectivity index (χ4n) is 3.56. The average Bonchev–Trinajstić information content (AvgIpc) is 3.04. The van der Waals surface area contributed by atoms with E-state index in [0.29, 0.717) is 19.8 Å². The molecule has 1 amide bonds. The number of aryl methyl sites for hydroxylation is 1. The summed E-state index contributed by atoms with van der Waals surface area (Å²) >= 11 is 0. The minimum absolute atomic E-state index is 0.0512. The van der Waals surface area contributed by atoms with Crippen LogP contribution in [-0.4, -0.2) is 42.1 Å². The first-order valence-corrected chi connectivity index (χ1v) is 9.20. The summed E-state index contributed by atoms with van der Waals surface area (Å²) in [6.07, 6.45) is 3.47. The van der Waals surface area contributed by atoms with Gasteiger partial charge in [-0.05, 0) is 24.6 Å². The Labute approximate surface area is 158 Å². The molecule has 1 aliphatic rings. The second kappa shape index (κ2) is 7.90. The first kappa shape index (κ1) is 17.7. The topological polar surface area (TPSA) is 67.6 Å². The molecule has 27 heavy (non-hydrogen) atoms. The maximum absolute atomic E-state index is 13.1. The van der Waals surface area contributed by atoms with Crippen molar-refractivity contribution in [2.24, 2.45) is 0 Å². The molecule has 1 saturated heterocycles. The number of morpholine rings is 1. The van der Waals surface area contributed by atoms with E-state index in [1.165, 1.54) is 0 Å². The van der Waals surface area contributed by atoms with E-state index in [4.69, 9.17) is 9.15 Å². The van der Waals surface area contributed by atoms with Crippen LogP contribution < -0.4 is 5.32 Å². The Morgan fingerprint density at radius 3 is 2.78 bits per heavy atom. The Bertz CT molecular complexity index is 917. The fraction of sp³-hybridized carbons (Fsp3) is 0.333. The number of nitrogens with zero attached hydrogens (tertiary/aromatic N) is 2. The molecule has 1 fully saturated rings. The third-order valence-corrected chi connectivity index (χ3v) is 5.02. The van der Waals surface area contributed by atoms with Crippen molar-refractivity contribution in [3.8, 4) is 0 Å². The molecule has 0 radical (unpaired) electrons. The highest BCUT2D eigenvalue weighted by Gasteiger charge is 2.29. The first-order valence-electron chi connectivity index (χ1n) is 9.20. The lowest BCUT2D eigenvalue weighted by Gasteiger charge is -2.33. The SMILES string of the molecule is Cc1c(CNC(=O)C(c2cccnc2)N2CCOCC2)oc2ccccc12. The van der Waals surface area contributed by atoms with Crippen molar-refractivity contribution in [3.05, 3.63) is 65.7 Å². The van der Waals surface area contributed by atoms with Crippen LogP contribution in [0.2, 0.25) is 0 Å². The van der Waals surface area contributed by atoms with Gasteiger partial charge in [0.15, 0.2) is 0 Å². The van der Waals surface area contributed by atoms with E-state index in [-0.39, 0.29) is 11.9 Å². The summed E-state index contributed by atoms with van der Waals surface area (Å²) in [5.41, 5.74) is 2.80. The van der Waals surface area contributed by atoms with Crippen molar-refractivity contribution in [2.45, 2.75) is 19.5 Å². The summed E-state index contributed by atoms with van der Waals surface area (Å²) in [5.74, 6) is 0.737. The number of hydrogen-bond donors (Lipinski definition) is 1. The van der Waals surface area contributed by atoms with Gasteiger partial charge in [-0.25, -0.2) is 0 Å². The highest BCUT2D eigenvalue weighted by atomic mass is 16.5. The van der Waals surface area contributed by atoms with Gasteiger partial charge in [0.2, 0.25) is 5.91 Å². The molecule has 1 atom stereocenters. The van der Waals surface area contributed by atoms with Gasteiger partial charge in [0, 0.05) is 36.4 Å². The van der Waals surface area contributed by atoms with Gasteiger partial charge in [-0.1, -0.05) is 24.3 Å². The van der Waals surface area contributed by atoms with Crippen molar-refractivity contribution in [1.82, 2.24) is 15.2 Å². The fourth-order valence-corrected chi connectivity index (χ4v) is 3.56. The second-order valence-electron chi connectivity index (χ2n) is 6.70. The van der Waals surface area contributed by atoms with Crippen molar-refractivity contribution >= 4 is 16.9 Å². The molecule has 2 aromatic heterocycles. The molecule has 140 valence electrons. The lowest BCUT2D eigenvalue weighted by atomic mass is 10.1. The number of rotatable bonds is 5. The van der Waals surface area contributed by atoms with Gasteiger partial charge in [-0.2, -0.15) is 0 Å². The molecule has 1 aliphatic heterocycles. The van der Waals surface area contributed by atoms with Crippen LogP contribution in [0, 0.1) is 6.92 Å². The molecule has 0 aliphatic carbocycles. The largest absolute Gasteiger partial charge is 0.459 e. The van der Waals surface area contributed by atoms with Gasteiger partial charge < -0.3 is 14.5 Å². The zero-order valence-electron chi connectivity index (χ0n) is 15.4. The van der Waals surface area contributed by atoms with Crippen LogP contribution in [0.5, 0.6) is 0 Å². The molecule has 6 heteroatoms. The summed E-state index contributed by atoms with van der Waals surface area (Å²) < 4.78 is 11.4. The number of carbonyl (C=O) groups is 1. The van der Waals surface area contributed by atoms with Crippen LogP contribution in [0.3, 0.4) is 0 Å². The number of fused-ring (bicyclic) bond motifs is 1. The molecular weight excluding hydrogens is 342 g/mol. The van der Waals surface area contributed by atoms with E-state index in [2.05, 4.69) is 15.2 Å². The third kappa shape index (κ3) is 3.72. The number of para-hydroxylation sites is 1. The molecule has 1 aromatic carbocycles. The number of nitrogens with one attached hydrogen (secondary N) is 1. The van der Waals surface area contributed by atoms with Crippen molar-refractivity contribution in [3.63, 3.8) is 0 Å². The van der Waals surface area contributed by atoms with Crippen molar-refractivity contribution < 1.29 is 13.9 Å². The predicted molar refractivity (Wildman–Crippen MR) is 102 cm³/mol. The van der Waals surface area contributed by atoms with Gasteiger partial charge >= 0.3 is 0 Å². The van der Waals surface area contributed by atoms with Crippen molar-refractivity contribution in [1.29, 1.82) is 0 Å². The second-order valence-corrected chi connectivity index (χ2v) is 6.70. The molecule has 6 nitrogen and oxygen atoms in total. The zero-order chi connectivity index (χ0) is 18.6. The molecular formula is C21H23N3O3. The lowest BCUT2D eigenvalue weighted by molar-refractivity contribution is -0.128. The summed E-state index contributed by atoms with van der Waals surface area (Å²) in [6.45, 7) is 5.08. The summed E-state index contributed by atoms with van der Waals surface area (Å²) in [4.78, 5) is 19.4. The van der Waals surface area contributed by atoms with Gasteiger partial charge in [0.05, 0.1) is 19.8 Å². The van der Waals surface area contributed by atoms with Gasteiger partial charge in [-0.15, -0.1) is 0 Å². The number of amides is 1. The van der Waals surface area contributed by atoms with E-state index in [9.17, 15) is 4.79 Å². The van der Waals surface area contributed by atoms with Crippen molar-refractivity contribution in [2.75, 3.05) is 26.3 Å². The number of pyridine rings is 1. The quantitative estimate of drug-likeness (QED) is 0.753. The summed E-state index contributed by atoms with van der Waals surface area (Å²) in [6, 6.07) is 11.3. The molecule has 0 spiro atoms. The average molecular weight is 365 g/mol. The molecule has 0 bridgehead atoms. The number of benzene rings is 1. The Balaban J connectivity index is 1.53. The lowest BCUT2D eigenvalue weighted by Crippen LogP contribution is -2.45. The van der Waals surface area contributed by atoms with Crippen LogP contribution in [0.15, 0.2) is 53.2 Å². The first-order chi connectivity index (χ1) is 13.2. The van der Waals surface area contributed by atoms with E-state index >= 15 is 0 Å². The monoisotopic (exact) mass is 365 g/mol. The maximum atomic E-state index is 13.1. The Hall–Kier alpha value is -2.70. The van der Waals surface area contributed by atoms with Crippen LogP contribution in [0.25, 0.3) is 11.0 Å². The summed E-state index contributed by atoms with van der Waals surface area (Å²) in [7, 11) is 0. The maximum Gasteiger partial charge on any atom is 0.242 e. The number of aromatic nitrogens is 1. The summed E-state index contributed by atoms with van der Waals surface area (Å²) in [5, 5.41) is 4.14. The molecule has 1 N–H and O–H groups in total. The minimum atomic E-state index is -0.382. The van der Waals surface area contributed by atoms with Crippen LogP contribution in [0.1, 0.15) is 22.9 Å². The van der Waals surface area contributed by atoms with Crippen LogP contribution >= 0.6 is 0 Å². The molecule has 3 heterocycles. The molecule has 4 rings (SSSR count). The van der Waals surface area contributed by atoms with E-state index in [0.717, 1.165) is 40.9 Å². The Morgan fingerprint density at radius 2 is 2.04 bits per heavy atom. The standard InChI is InChI=1S/C21H23N3O3/c1-15-17-6-2-3-7-18(17)27-19(15)14-23-21(25)20(16-5-4-8-22-13-16)24-9-11-26-12-10-24/h2-8,13,20H,9-12,14H2,1H3,(H,23,25). The van der Waals surface area contributed by atoms with Gasteiger partial charge in [0.25, 0.3) is 0 Å². The van der Waals surface area contributed by atoms with Crippen LogP contribution in [-0.2, 0) is 16.1 Å². The highest BCUT2D eigenvalue weighted by Crippen LogP contribution is 2.26. The normalized spacial score (nSPS) is 16.3. The zero-order valence-corrected chi connectivity index (χ0v) is 15.4. The number of carbonyl (C=O) groups excluding carboxylic acids is 1. The van der Waals surface area contributed by atoms with E-state index in [1.807, 2.05) is 43.3 Å². The number of furan rings is 1. The molecule has 0 saturated carbocycles. The third-order valence-electron chi connectivity index (χ3n) is 5.02. The molecule has 3 aromatic rings. The smallest absolute Gasteiger partial charge is 0.242 e. The number of ether oxygens (including phenoxy) is 1. The highest BCUT2D eigenvalue weighted by molar-refractivity contribution is 5.84. The van der Waals surface area contributed by atoms with E-state index < -0.39 is 0 Å². The van der Waals surface area contributed by atoms with Gasteiger partial charge in [0.1, 0.15) is 17.4 Å². The molecule has 1 unspecified atom stereocenters. The number of hydrogen-bond acceptors (Lipinski definition) is 5. The van der Waals surface area contributed by atoms with Gasteiger partial charge in [-0.3, -0.25) is 14.7 Å². The Morgan fingerprint density at radius 1 is 1.22 bits per heavy atom. The Kier molecular flexibility index (Phi) is 5.18. The van der Waals surface area contributed by atoms with E-state index in [1.54, 1.807) is 12.4 Å². The minimum Gasteiger partial charge on any atom is -0.459 e. The predicted octanol–water partition coefficient (Wildman–Crippen LogP) is 2.83.